The fourth-order valence-corrected chi connectivity index (χ4v) is 3.05. The summed E-state index contributed by atoms with van der Waals surface area (Å²) in [4.78, 5) is 25.1. The van der Waals surface area contributed by atoms with Gasteiger partial charge in [0.2, 0.25) is 0 Å². The molecule has 1 aliphatic carbocycles. The lowest BCUT2D eigenvalue weighted by molar-refractivity contribution is 0.0949. The number of hydrogen-bond donors (Lipinski definition) is 2. The molecule has 0 saturated heterocycles. The summed E-state index contributed by atoms with van der Waals surface area (Å²) in [5.41, 5.74) is 2.27. The quantitative estimate of drug-likeness (QED) is 0.659. The minimum absolute atomic E-state index is 0.134. The number of aryl methyl sites for hydroxylation is 1. The second-order valence-corrected chi connectivity index (χ2v) is 7.48. The minimum atomic E-state index is -0.352. The van der Waals surface area contributed by atoms with E-state index in [9.17, 15) is 9.59 Å². The van der Waals surface area contributed by atoms with Gasteiger partial charge in [0.05, 0.1) is 18.7 Å². The highest BCUT2D eigenvalue weighted by atomic mass is 35.5. The van der Waals surface area contributed by atoms with Crippen molar-refractivity contribution in [2.45, 2.75) is 39.2 Å². The number of methoxy groups -OCH3 is 1. The van der Waals surface area contributed by atoms with Crippen molar-refractivity contribution in [3.63, 3.8) is 0 Å². The van der Waals surface area contributed by atoms with Gasteiger partial charge in [-0.3, -0.25) is 9.59 Å². The van der Waals surface area contributed by atoms with E-state index in [1.54, 1.807) is 24.3 Å². The molecule has 0 bridgehead atoms. The standard InChI is InChI=1S/C22H25ClN2O4/c1-4-9-29-20-17(23)10-15(12-19(20)28-3)22(27)25-18-11-14(6-5-13(18)2)21(26)24-16-7-8-16/h5-6,10-12,16H,4,7-9H2,1-3H3,(H,24,26)(H,25,27). The van der Waals surface area contributed by atoms with Crippen LogP contribution in [0.5, 0.6) is 11.5 Å². The van der Waals surface area contributed by atoms with E-state index in [0.29, 0.717) is 39.9 Å². The lowest BCUT2D eigenvalue weighted by atomic mass is 10.1. The molecular weight excluding hydrogens is 392 g/mol. The molecule has 0 atom stereocenters. The molecule has 0 unspecified atom stereocenters. The van der Waals surface area contributed by atoms with Crippen LogP contribution in [0.1, 0.15) is 52.5 Å². The van der Waals surface area contributed by atoms with Gasteiger partial charge in [0, 0.05) is 22.9 Å². The SMILES string of the molecule is CCCOc1c(Cl)cc(C(=O)Nc2cc(C(=O)NC3CC3)ccc2C)cc1OC. The van der Waals surface area contributed by atoms with Crippen LogP contribution in [-0.2, 0) is 0 Å². The fourth-order valence-electron chi connectivity index (χ4n) is 2.78. The maximum absolute atomic E-state index is 12.8. The summed E-state index contributed by atoms with van der Waals surface area (Å²) in [6, 6.07) is 8.65. The summed E-state index contributed by atoms with van der Waals surface area (Å²) in [6.07, 6.45) is 2.86. The van der Waals surface area contributed by atoms with Crippen LogP contribution in [0.3, 0.4) is 0 Å². The molecule has 154 valence electrons. The number of nitrogens with one attached hydrogen (secondary N) is 2. The maximum Gasteiger partial charge on any atom is 0.255 e. The van der Waals surface area contributed by atoms with E-state index < -0.39 is 0 Å². The van der Waals surface area contributed by atoms with Crippen LogP contribution in [-0.4, -0.2) is 31.6 Å². The van der Waals surface area contributed by atoms with E-state index in [0.717, 1.165) is 24.8 Å². The minimum Gasteiger partial charge on any atom is -0.493 e. The molecule has 0 spiro atoms. The van der Waals surface area contributed by atoms with Gasteiger partial charge in [0.25, 0.3) is 11.8 Å². The Morgan fingerprint density at radius 1 is 1.14 bits per heavy atom. The van der Waals surface area contributed by atoms with Crippen molar-refractivity contribution in [1.82, 2.24) is 5.32 Å². The van der Waals surface area contributed by atoms with Crippen molar-refractivity contribution in [1.29, 1.82) is 0 Å². The number of benzene rings is 2. The highest BCUT2D eigenvalue weighted by Crippen LogP contribution is 2.36. The average molecular weight is 417 g/mol. The van der Waals surface area contributed by atoms with Crippen molar-refractivity contribution < 1.29 is 19.1 Å². The summed E-state index contributed by atoms with van der Waals surface area (Å²) in [7, 11) is 1.50. The molecule has 0 heterocycles. The number of carbonyl (C=O) groups is 2. The molecule has 29 heavy (non-hydrogen) atoms. The maximum atomic E-state index is 12.8. The Morgan fingerprint density at radius 3 is 2.55 bits per heavy atom. The molecule has 0 aliphatic heterocycles. The van der Waals surface area contributed by atoms with Crippen LogP contribution in [0.2, 0.25) is 5.02 Å². The first-order valence-corrected chi connectivity index (χ1v) is 10.0. The molecule has 3 rings (SSSR count). The van der Waals surface area contributed by atoms with Crippen LogP contribution in [0.4, 0.5) is 5.69 Å². The molecule has 7 heteroatoms. The van der Waals surface area contributed by atoms with Gasteiger partial charge in [-0.05, 0) is 56.0 Å². The first-order chi connectivity index (χ1) is 13.9. The first kappa shape index (κ1) is 21.0. The predicted octanol–water partition coefficient (Wildman–Crippen LogP) is 4.59. The Balaban J connectivity index is 1.80. The van der Waals surface area contributed by atoms with E-state index >= 15 is 0 Å². The number of carbonyl (C=O) groups excluding carboxylic acids is 2. The van der Waals surface area contributed by atoms with Gasteiger partial charge >= 0.3 is 0 Å². The third-order valence-corrected chi connectivity index (χ3v) is 4.88. The zero-order valence-electron chi connectivity index (χ0n) is 16.8. The van der Waals surface area contributed by atoms with E-state index in [4.69, 9.17) is 21.1 Å². The Labute approximate surface area is 175 Å². The Bertz CT molecular complexity index is 925. The highest BCUT2D eigenvalue weighted by Gasteiger charge is 2.24. The topological polar surface area (TPSA) is 76.7 Å². The van der Waals surface area contributed by atoms with Crippen LogP contribution in [0.15, 0.2) is 30.3 Å². The Kier molecular flexibility index (Phi) is 6.64. The summed E-state index contributed by atoms with van der Waals surface area (Å²) < 4.78 is 11.0. The predicted molar refractivity (Wildman–Crippen MR) is 113 cm³/mol. The summed E-state index contributed by atoms with van der Waals surface area (Å²) in [6.45, 7) is 4.35. The third kappa shape index (κ3) is 5.21. The number of ether oxygens (including phenoxy) is 2. The van der Waals surface area contributed by atoms with E-state index in [2.05, 4.69) is 10.6 Å². The molecule has 0 aromatic heterocycles. The number of rotatable bonds is 8. The summed E-state index contributed by atoms with van der Waals surface area (Å²) in [5, 5.41) is 6.11. The van der Waals surface area contributed by atoms with Crippen molar-refractivity contribution in [3.05, 3.63) is 52.0 Å². The highest BCUT2D eigenvalue weighted by molar-refractivity contribution is 6.32. The smallest absolute Gasteiger partial charge is 0.255 e. The average Bonchev–Trinajstić information content (AvgIpc) is 3.52. The second kappa shape index (κ2) is 9.18. The van der Waals surface area contributed by atoms with Gasteiger partial charge in [0.1, 0.15) is 0 Å². The first-order valence-electron chi connectivity index (χ1n) is 9.66. The molecule has 1 aliphatic rings. The van der Waals surface area contributed by atoms with Gasteiger partial charge in [-0.1, -0.05) is 24.6 Å². The number of halogens is 1. The summed E-state index contributed by atoms with van der Waals surface area (Å²) in [5.74, 6) is 0.327. The monoisotopic (exact) mass is 416 g/mol. The number of amides is 2. The molecule has 1 saturated carbocycles. The molecule has 6 nitrogen and oxygen atoms in total. The Morgan fingerprint density at radius 2 is 1.90 bits per heavy atom. The van der Waals surface area contributed by atoms with Gasteiger partial charge < -0.3 is 20.1 Å². The van der Waals surface area contributed by atoms with Crippen LogP contribution >= 0.6 is 11.6 Å². The zero-order chi connectivity index (χ0) is 21.0. The van der Waals surface area contributed by atoms with Crippen molar-refractivity contribution in [2.24, 2.45) is 0 Å². The number of hydrogen-bond acceptors (Lipinski definition) is 4. The van der Waals surface area contributed by atoms with Gasteiger partial charge in [0.15, 0.2) is 11.5 Å². The number of anilines is 1. The van der Waals surface area contributed by atoms with Crippen LogP contribution in [0.25, 0.3) is 0 Å². The van der Waals surface area contributed by atoms with Gasteiger partial charge in [-0.15, -0.1) is 0 Å². The van der Waals surface area contributed by atoms with Gasteiger partial charge in [-0.2, -0.15) is 0 Å². The lowest BCUT2D eigenvalue weighted by Gasteiger charge is -2.15. The zero-order valence-corrected chi connectivity index (χ0v) is 17.6. The molecule has 2 aromatic carbocycles. The van der Waals surface area contributed by atoms with Crippen molar-refractivity contribution >= 4 is 29.1 Å². The molecule has 1 fully saturated rings. The molecule has 2 amide bonds. The Hall–Kier alpha value is -2.73. The lowest BCUT2D eigenvalue weighted by Crippen LogP contribution is -2.25. The normalized spacial score (nSPS) is 13.0. The van der Waals surface area contributed by atoms with E-state index in [1.807, 2.05) is 19.9 Å². The molecule has 2 N–H and O–H groups in total. The summed E-state index contributed by atoms with van der Waals surface area (Å²) >= 11 is 6.31. The largest absolute Gasteiger partial charge is 0.493 e. The fraction of sp³-hybridized carbons (Fsp3) is 0.364. The van der Waals surface area contributed by atoms with Crippen LogP contribution < -0.4 is 20.1 Å². The van der Waals surface area contributed by atoms with Crippen molar-refractivity contribution in [3.8, 4) is 11.5 Å². The third-order valence-electron chi connectivity index (χ3n) is 4.60. The van der Waals surface area contributed by atoms with E-state index in [-0.39, 0.29) is 17.9 Å². The van der Waals surface area contributed by atoms with Crippen molar-refractivity contribution in [2.75, 3.05) is 19.0 Å². The second-order valence-electron chi connectivity index (χ2n) is 7.07. The van der Waals surface area contributed by atoms with Gasteiger partial charge in [-0.25, -0.2) is 0 Å². The van der Waals surface area contributed by atoms with Crippen LogP contribution in [0, 0.1) is 6.92 Å². The molecule has 2 aromatic rings. The molecule has 0 radical (unpaired) electrons. The van der Waals surface area contributed by atoms with E-state index in [1.165, 1.54) is 7.11 Å². The molecular formula is C22H25ClN2O4.